The molecule has 0 aliphatic carbocycles. The zero-order valence-electron chi connectivity index (χ0n) is 12.8. The Hall–Kier alpha value is -2.18. The first-order valence-corrected chi connectivity index (χ1v) is 6.37. The second-order valence-electron chi connectivity index (χ2n) is 4.91. The van der Waals surface area contributed by atoms with E-state index < -0.39 is 29.1 Å². The number of aliphatic hydroxyl groups excluding tert-OH is 1. The number of ketones is 2. The Bertz CT molecular complexity index is 460. The molecule has 21 heavy (non-hydrogen) atoms. The van der Waals surface area contributed by atoms with Gasteiger partial charge in [0.2, 0.25) is 0 Å². The molecule has 0 amide bonds. The van der Waals surface area contributed by atoms with Crippen LogP contribution in [0, 0.1) is 0 Å². The van der Waals surface area contributed by atoms with Crippen LogP contribution in [0.3, 0.4) is 0 Å². The molecule has 0 radical (unpaired) electrons. The number of aliphatic hydroxyl groups is 1. The molecule has 0 atom stereocenters. The molecule has 0 unspecified atom stereocenters. The van der Waals surface area contributed by atoms with E-state index >= 15 is 0 Å². The Balaban J connectivity index is 0.000000433. The van der Waals surface area contributed by atoms with Crippen molar-refractivity contribution < 1.29 is 33.8 Å². The van der Waals surface area contributed by atoms with Crippen LogP contribution in [0.1, 0.15) is 47.5 Å². The number of esters is 2. The minimum Gasteiger partial charge on any atom is -0.511 e. The molecule has 7 nitrogen and oxygen atoms in total. The monoisotopic (exact) mass is 300 g/mol. The third-order valence-corrected chi connectivity index (χ3v) is 2.29. The largest absolute Gasteiger partial charge is 0.511 e. The Morgan fingerprint density at radius 2 is 1.52 bits per heavy atom. The van der Waals surface area contributed by atoms with Crippen LogP contribution < -0.4 is 0 Å². The van der Waals surface area contributed by atoms with Gasteiger partial charge in [-0.3, -0.25) is 9.59 Å². The summed E-state index contributed by atoms with van der Waals surface area (Å²) in [7, 11) is 0. The standard InChI is InChI=1S/C8H10O5.C6H10O2/c1-4(9)5-6(10)12-8(2,3)13-7(5)11;1-3-6(8)4-5(2)7/h9H,1-3H3;3-4H2,1-2H3. The molecule has 0 spiro atoms. The Morgan fingerprint density at radius 3 is 1.76 bits per heavy atom. The molecule has 7 heteroatoms. The van der Waals surface area contributed by atoms with Gasteiger partial charge in [-0.1, -0.05) is 6.92 Å². The Labute approximate surface area is 122 Å². The fourth-order valence-corrected chi connectivity index (χ4v) is 1.35. The maximum absolute atomic E-state index is 11.1. The summed E-state index contributed by atoms with van der Waals surface area (Å²) < 4.78 is 9.44. The van der Waals surface area contributed by atoms with Crippen molar-refractivity contribution in [2.75, 3.05) is 0 Å². The van der Waals surface area contributed by atoms with E-state index in [2.05, 4.69) is 0 Å². The van der Waals surface area contributed by atoms with E-state index in [4.69, 9.17) is 14.6 Å². The van der Waals surface area contributed by atoms with Crippen LogP contribution in [-0.4, -0.2) is 34.4 Å². The van der Waals surface area contributed by atoms with E-state index in [1.807, 2.05) is 0 Å². The number of carbonyl (C=O) groups is 4. The van der Waals surface area contributed by atoms with Crippen molar-refractivity contribution in [2.45, 2.75) is 53.2 Å². The number of carbonyl (C=O) groups excluding carboxylic acids is 4. The van der Waals surface area contributed by atoms with Crippen molar-refractivity contribution in [1.82, 2.24) is 0 Å². The van der Waals surface area contributed by atoms with E-state index in [9.17, 15) is 19.2 Å². The highest BCUT2D eigenvalue weighted by Gasteiger charge is 2.40. The second-order valence-corrected chi connectivity index (χ2v) is 4.91. The molecule has 118 valence electrons. The number of hydrogen-bond donors (Lipinski definition) is 1. The van der Waals surface area contributed by atoms with Gasteiger partial charge in [0.25, 0.3) is 5.79 Å². The lowest BCUT2D eigenvalue weighted by Gasteiger charge is -2.29. The summed E-state index contributed by atoms with van der Waals surface area (Å²) in [5.74, 6) is -3.39. The van der Waals surface area contributed by atoms with Gasteiger partial charge >= 0.3 is 11.9 Å². The number of rotatable bonds is 3. The minimum absolute atomic E-state index is 0.0255. The number of hydrogen-bond acceptors (Lipinski definition) is 7. The van der Waals surface area contributed by atoms with E-state index in [1.54, 1.807) is 6.92 Å². The average molecular weight is 300 g/mol. The summed E-state index contributed by atoms with van der Waals surface area (Å²) in [5.41, 5.74) is -0.445. The van der Waals surface area contributed by atoms with Crippen LogP contribution >= 0.6 is 0 Å². The summed E-state index contributed by atoms with van der Waals surface area (Å²) in [6, 6.07) is 0. The molecule has 1 aliphatic heterocycles. The molecule has 1 rings (SSSR count). The zero-order valence-corrected chi connectivity index (χ0v) is 12.8. The highest BCUT2D eigenvalue weighted by molar-refractivity contribution is 6.15. The van der Waals surface area contributed by atoms with Crippen molar-refractivity contribution in [3.8, 4) is 0 Å². The lowest BCUT2D eigenvalue weighted by Crippen LogP contribution is -2.42. The SMILES string of the molecule is CC(O)=C1C(=O)OC(C)(C)OC1=O.CCC(=O)CC(C)=O. The molecule has 0 aromatic carbocycles. The summed E-state index contributed by atoms with van der Waals surface area (Å²) >= 11 is 0. The van der Waals surface area contributed by atoms with Gasteiger partial charge in [0, 0.05) is 20.3 Å². The number of cyclic esters (lactones) is 2. The van der Waals surface area contributed by atoms with Gasteiger partial charge in [0.1, 0.15) is 17.3 Å². The smallest absolute Gasteiger partial charge is 0.352 e. The van der Waals surface area contributed by atoms with Gasteiger partial charge in [0.05, 0.1) is 6.42 Å². The number of Topliss-reactive ketones (excluding diaryl/α,β-unsaturated/α-hetero) is 2. The third-order valence-electron chi connectivity index (χ3n) is 2.29. The molecule has 1 fully saturated rings. The highest BCUT2D eigenvalue weighted by atomic mass is 16.7. The molecular formula is C14H20O7. The molecule has 1 heterocycles. The zero-order chi connectivity index (χ0) is 16.8. The van der Waals surface area contributed by atoms with Gasteiger partial charge in [-0.25, -0.2) is 9.59 Å². The quantitative estimate of drug-likeness (QED) is 0.277. The normalized spacial score (nSPS) is 16.1. The topological polar surface area (TPSA) is 107 Å². The second kappa shape index (κ2) is 7.56. The molecule has 1 N–H and O–H groups in total. The first-order chi connectivity index (χ1) is 9.50. The molecule has 1 saturated heterocycles. The number of ether oxygens (including phenoxy) is 2. The van der Waals surface area contributed by atoms with Gasteiger partial charge in [0.15, 0.2) is 5.57 Å². The summed E-state index contributed by atoms with van der Waals surface area (Å²) in [4.78, 5) is 42.8. The van der Waals surface area contributed by atoms with Gasteiger partial charge in [-0.2, -0.15) is 0 Å². The van der Waals surface area contributed by atoms with E-state index in [0.29, 0.717) is 6.42 Å². The van der Waals surface area contributed by atoms with Crippen molar-refractivity contribution >= 4 is 23.5 Å². The van der Waals surface area contributed by atoms with Gasteiger partial charge < -0.3 is 14.6 Å². The van der Waals surface area contributed by atoms with Crippen molar-refractivity contribution in [1.29, 1.82) is 0 Å². The van der Waals surface area contributed by atoms with Crippen LogP contribution in [0.25, 0.3) is 0 Å². The number of allylic oxidation sites excluding steroid dienone is 1. The summed E-state index contributed by atoms with van der Waals surface area (Å²) in [6.07, 6.45) is 0.579. The first-order valence-electron chi connectivity index (χ1n) is 6.37. The van der Waals surface area contributed by atoms with E-state index in [0.717, 1.165) is 0 Å². The molecule has 1 aliphatic rings. The molecular weight excluding hydrogens is 280 g/mol. The molecule has 0 aromatic rings. The molecule has 0 bridgehead atoms. The summed E-state index contributed by atoms with van der Waals surface area (Å²) in [5, 5.41) is 8.97. The van der Waals surface area contributed by atoms with Crippen molar-refractivity contribution in [2.24, 2.45) is 0 Å². The lowest BCUT2D eigenvalue weighted by atomic mass is 10.2. The van der Waals surface area contributed by atoms with E-state index in [-0.39, 0.29) is 18.0 Å². The van der Waals surface area contributed by atoms with Crippen molar-refractivity contribution in [3.05, 3.63) is 11.3 Å². The van der Waals surface area contributed by atoms with Crippen LogP contribution in [-0.2, 0) is 28.7 Å². The van der Waals surface area contributed by atoms with E-state index in [1.165, 1.54) is 27.7 Å². The maximum atomic E-state index is 11.1. The predicted octanol–water partition coefficient (Wildman–Crippen LogP) is 1.60. The van der Waals surface area contributed by atoms with Crippen molar-refractivity contribution in [3.63, 3.8) is 0 Å². The highest BCUT2D eigenvalue weighted by Crippen LogP contribution is 2.23. The Kier molecular flexibility index (Phi) is 6.78. The Morgan fingerprint density at radius 1 is 1.10 bits per heavy atom. The first kappa shape index (κ1) is 18.8. The van der Waals surface area contributed by atoms with Crippen LogP contribution in [0.5, 0.6) is 0 Å². The third kappa shape index (κ3) is 6.69. The maximum Gasteiger partial charge on any atom is 0.352 e. The van der Waals surface area contributed by atoms with Crippen LogP contribution in [0.4, 0.5) is 0 Å². The lowest BCUT2D eigenvalue weighted by molar-refractivity contribution is -0.222. The fourth-order valence-electron chi connectivity index (χ4n) is 1.35. The van der Waals surface area contributed by atoms with Gasteiger partial charge in [-0.15, -0.1) is 0 Å². The molecule has 0 saturated carbocycles. The van der Waals surface area contributed by atoms with Crippen LogP contribution in [0.15, 0.2) is 11.3 Å². The minimum atomic E-state index is -1.26. The predicted molar refractivity (Wildman–Crippen MR) is 72.2 cm³/mol. The summed E-state index contributed by atoms with van der Waals surface area (Å²) in [6.45, 7) is 7.27. The average Bonchev–Trinajstić information content (AvgIpc) is 2.25. The van der Waals surface area contributed by atoms with Gasteiger partial charge in [-0.05, 0) is 13.8 Å². The fraction of sp³-hybridized carbons (Fsp3) is 0.571. The van der Waals surface area contributed by atoms with Crippen LogP contribution in [0.2, 0.25) is 0 Å². The molecule has 0 aromatic heterocycles.